The summed E-state index contributed by atoms with van der Waals surface area (Å²) in [6, 6.07) is 0. The highest BCUT2D eigenvalue weighted by atomic mass is 19.4. The average molecular weight is 329 g/mol. The Morgan fingerprint density at radius 1 is 1.30 bits per heavy atom. The molecule has 9 heteroatoms. The van der Waals surface area contributed by atoms with Crippen molar-refractivity contribution in [1.29, 1.82) is 0 Å². The van der Waals surface area contributed by atoms with Crippen LogP contribution in [0.25, 0.3) is 0 Å². The van der Waals surface area contributed by atoms with E-state index in [0.29, 0.717) is 17.7 Å². The summed E-state index contributed by atoms with van der Waals surface area (Å²) in [5.74, 6) is 0.655. The summed E-state index contributed by atoms with van der Waals surface area (Å²) in [4.78, 5) is 7.46. The topological polar surface area (TPSA) is 85.2 Å². The van der Waals surface area contributed by atoms with E-state index in [0.717, 1.165) is 18.9 Å². The van der Waals surface area contributed by atoms with Crippen LogP contribution in [0.4, 0.5) is 13.2 Å². The number of rotatable bonds is 5. The molecule has 2 aromatic heterocycles. The van der Waals surface area contributed by atoms with Gasteiger partial charge in [0.2, 0.25) is 17.4 Å². The van der Waals surface area contributed by atoms with Crippen molar-refractivity contribution in [3.05, 3.63) is 30.1 Å². The number of aliphatic hydroxyl groups is 1. The monoisotopic (exact) mass is 329 g/mol. The van der Waals surface area contributed by atoms with Crippen molar-refractivity contribution in [3.8, 4) is 0 Å². The zero-order chi connectivity index (χ0) is 16.2. The smallest absolute Gasteiger partial charge is 0.426 e. The molecule has 124 valence electrons. The summed E-state index contributed by atoms with van der Waals surface area (Å²) in [5, 5.41) is 13.7. The first-order valence-corrected chi connectivity index (χ1v) is 7.40. The minimum absolute atomic E-state index is 0.143. The van der Waals surface area contributed by atoms with Crippen molar-refractivity contribution in [2.75, 3.05) is 0 Å². The van der Waals surface area contributed by atoms with Gasteiger partial charge in [-0.25, -0.2) is 4.98 Å². The Balaban J connectivity index is 1.54. The van der Waals surface area contributed by atoms with Crippen molar-refractivity contribution in [1.82, 2.24) is 15.1 Å². The minimum Gasteiger partial charge on any atom is -0.446 e. The van der Waals surface area contributed by atoms with Gasteiger partial charge < -0.3 is 14.0 Å². The summed E-state index contributed by atoms with van der Waals surface area (Å²) in [6.45, 7) is 0. The van der Waals surface area contributed by atoms with Crippen LogP contribution in [-0.2, 0) is 12.0 Å². The largest absolute Gasteiger partial charge is 0.446 e. The maximum Gasteiger partial charge on any atom is 0.426 e. The van der Waals surface area contributed by atoms with Gasteiger partial charge in [0.05, 0.1) is 12.6 Å². The lowest BCUT2D eigenvalue weighted by molar-refractivity contribution is -0.274. The normalized spacial score (nSPS) is 27.0. The molecule has 2 aromatic rings. The van der Waals surface area contributed by atoms with E-state index in [1.54, 1.807) is 0 Å². The van der Waals surface area contributed by atoms with E-state index < -0.39 is 24.1 Å². The Morgan fingerprint density at radius 2 is 2.09 bits per heavy atom. The number of hydrogen-bond donors (Lipinski definition) is 1. The molecule has 0 radical (unpaired) electrons. The van der Waals surface area contributed by atoms with Gasteiger partial charge in [-0.15, -0.1) is 0 Å². The Labute approximate surface area is 128 Å². The first kappa shape index (κ1) is 14.7. The van der Waals surface area contributed by atoms with E-state index in [2.05, 4.69) is 19.5 Å². The van der Waals surface area contributed by atoms with E-state index in [1.807, 2.05) is 0 Å². The number of alkyl halides is 3. The Morgan fingerprint density at radius 3 is 2.70 bits per heavy atom. The maximum absolute atomic E-state index is 13.3. The van der Waals surface area contributed by atoms with E-state index in [1.165, 1.54) is 12.8 Å². The van der Waals surface area contributed by atoms with Gasteiger partial charge >= 0.3 is 6.18 Å². The average Bonchev–Trinajstić information content (AvgIpc) is 3.36. The van der Waals surface area contributed by atoms with Gasteiger partial charge in [-0.3, -0.25) is 0 Å². The van der Waals surface area contributed by atoms with Gasteiger partial charge in [0.15, 0.2) is 5.82 Å². The molecule has 1 N–H and O–H groups in total. The molecule has 0 bridgehead atoms. The lowest BCUT2D eigenvalue weighted by atomic mass is 9.98. The molecule has 0 saturated heterocycles. The van der Waals surface area contributed by atoms with Crippen LogP contribution in [-0.4, -0.2) is 26.4 Å². The van der Waals surface area contributed by atoms with Crippen LogP contribution in [0.1, 0.15) is 42.8 Å². The van der Waals surface area contributed by atoms with Crippen molar-refractivity contribution in [2.45, 2.75) is 43.4 Å². The number of hydrogen-bond acceptors (Lipinski definition) is 6. The van der Waals surface area contributed by atoms with Crippen LogP contribution in [0.15, 0.2) is 21.4 Å². The van der Waals surface area contributed by atoms with Crippen molar-refractivity contribution < 1.29 is 27.2 Å². The van der Waals surface area contributed by atoms with E-state index in [4.69, 9.17) is 4.52 Å². The number of aromatic nitrogens is 3. The minimum atomic E-state index is -4.98. The summed E-state index contributed by atoms with van der Waals surface area (Å²) < 4.78 is 49.5. The van der Waals surface area contributed by atoms with Gasteiger partial charge in [0.25, 0.3) is 0 Å². The van der Waals surface area contributed by atoms with Gasteiger partial charge in [0.1, 0.15) is 6.26 Å². The molecular weight excluding hydrogens is 315 g/mol. The third-order valence-corrected chi connectivity index (χ3v) is 4.54. The quantitative estimate of drug-likeness (QED) is 0.907. The van der Waals surface area contributed by atoms with Crippen molar-refractivity contribution >= 4 is 0 Å². The molecule has 6 nitrogen and oxygen atoms in total. The predicted molar refractivity (Wildman–Crippen MR) is 68.0 cm³/mol. The molecule has 2 aliphatic carbocycles. The fraction of sp³-hybridized carbons (Fsp3) is 0.643. The lowest BCUT2D eigenvalue weighted by Gasteiger charge is -2.25. The number of halogens is 3. The Kier molecular flexibility index (Phi) is 3.06. The zero-order valence-electron chi connectivity index (χ0n) is 12.0. The van der Waals surface area contributed by atoms with Crippen LogP contribution < -0.4 is 0 Å². The second-order valence-electron chi connectivity index (χ2n) is 6.26. The third-order valence-electron chi connectivity index (χ3n) is 4.54. The van der Waals surface area contributed by atoms with Crippen LogP contribution in [0.2, 0.25) is 0 Å². The summed E-state index contributed by atoms with van der Waals surface area (Å²) in [7, 11) is 0. The van der Waals surface area contributed by atoms with Gasteiger partial charge in [-0.2, -0.15) is 18.2 Å². The molecule has 2 heterocycles. The van der Waals surface area contributed by atoms with Crippen LogP contribution in [0.5, 0.6) is 0 Å². The van der Waals surface area contributed by atoms with Crippen LogP contribution in [0, 0.1) is 11.8 Å². The van der Waals surface area contributed by atoms with Gasteiger partial charge in [0, 0.05) is 5.92 Å². The molecule has 1 unspecified atom stereocenters. The third kappa shape index (κ3) is 2.52. The summed E-state index contributed by atoms with van der Waals surface area (Å²) >= 11 is 0. The molecule has 4 rings (SSSR count). The molecule has 0 aromatic carbocycles. The van der Waals surface area contributed by atoms with Gasteiger partial charge in [-0.1, -0.05) is 5.16 Å². The highest BCUT2D eigenvalue weighted by Crippen LogP contribution is 2.58. The summed E-state index contributed by atoms with van der Waals surface area (Å²) in [5.41, 5.74) is -3.28. The fourth-order valence-corrected chi connectivity index (χ4v) is 2.99. The Bertz CT molecular complexity index is 696. The predicted octanol–water partition coefficient (Wildman–Crippen LogP) is 2.56. The molecule has 3 atom stereocenters. The second-order valence-corrected chi connectivity index (χ2v) is 6.26. The first-order valence-electron chi connectivity index (χ1n) is 7.40. The lowest BCUT2D eigenvalue weighted by Crippen LogP contribution is -2.44. The van der Waals surface area contributed by atoms with Crippen LogP contribution >= 0.6 is 0 Å². The van der Waals surface area contributed by atoms with Crippen molar-refractivity contribution in [2.24, 2.45) is 11.8 Å². The fourth-order valence-electron chi connectivity index (χ4n) is 2.99. The number of nitrogens with zero attached hydrogens (tertiary/aromatic N) is 3. The molecule has 0 aliphatic heterocycles. The maximum atomic E-state index is 13.3. The second kappa shape index (κ2) is 4.80. The highest BCUT2D eigenvalue weighted by Gasteiger charge is 2.59. The van der Waals surface area contributed by atoms with Crippen LogP contribution in [0.3, 0.4) is 0 Å². The zero-order valence-corrected chi connectivity index (χ0v) is 12.0. The molecule has 2 aliphatic rings. The van der Waals surface area contributed by atoms with Gasteiger partial charge in [-0.05, 0) is 31.1 Å². The standard InChI is InChI=1S/C14H14F3N3O3/c15-14(16,17)13(21,12-18-3-4-22-12)6-10-19-11(23-20-10)9-5-8(9)7-1-2-7/h3-4,7-9,21H,1-2,5-6H2/t8-,9+,13?/m0/s1. The number of oxazole rings is 1. The highest BCUT2D eigenvalue weighted by molar-refractivity contribution is 5.13. The Hall–Kier alpha value is -1.90. The first-order chi connectivity index (χ1) is 10.9. The van der Waals surface area contributed by atoms with E-state index in [-0.39, 0.29) is 11.7 Å². The molecule has 23 heavy (non-hydrogen) atoms. The molecule has 2 saturated carbocycles. The van der Waals surface area contributed by atoms with E-state index in [9.17, 15) is 18.3 Å². The molecule has 0 spiro atoms. The van der Waals surface area contributed by atoms with E-state index >= 15 is 0 Å². The SMILES string of the molecule is OC(Cc1noc([C@@H]2C[C@H]2C2CC2)n1)(c1ncco1)C(F)(F)F. The molecule has 0 amide bonds. The molecule has 2 fully saturated rings. The summed E-state index contributed by atoms with van der Waals surface area (Å²) in [6.07, 6.45) is -0.539. The molecular formula is C14H14F3N3O3. The van der Waals surface area contributed by atoms with Crippen molar-refractivity contribution in [3.63, 3.8) is 0 Å².